The van der Waals surface area contributed by atoms with Crippen molar-refractivity contribution in [2.45, 2.75) is 32.2 Å². The molecule has 6 heteroatoms. The lowest BCUT2D eigenvalue weighted by molar-refractivity contribution is 0.0625. The molecule has 4 nitrogen and oxygen atoms in total. The fourth-order valence-corrected chi connectivity index (χ4v) is 3.34. The van der Waals surface area contributed by atoms with Crippen LogP contribution in [0.2, 0.25) is 5.02 Å². The smallest absolute Gasteiger partial charge is 0.254 e. The average Bonchev–Trinajstić information content (AvgIpc) is 2.52. The molecule has 0 radical (unpaired) electrons. The first-order valence-corrected chi connectivity index (χ1v) is 8.06. The van der Waals surface area contributed by atoms with Crippen LogP contribution in [-0.4, -0.2) is 34.9 Å². The van der Waals surface area contributed by atoms with Gasteiger partial charge in [-0.15, -0.1) is 12.4 Å². The molecule has 0 saturated carbocycles. The molecular weight excluding hydrogens is 333 g/mol. The van der Waals surface area contributed by atoms with E-state index < -0.39 is 0 Å². The second-order valence-electron chi connectivity index (χ2n) is 5.86. The number of nitrogens with zero attached hydrogens (tertiary/aromatic N) is 2. The van der Waals surface area contributed by atoms with Gasteiger partial charge >= 0.3 is 0 Å². The van der Waals surface area contributed by atoms with Gasteiger partial charge < -0.3 is 10.6 Å². The Morgan fingerprint density at radius 1 is 1.39 bits per heavy atom. The molecule has 1 saturated heterocycles. The first-order valence-electron chi connectivity index (χ1n) is 7.68. The predicted octanol–water partition coefficient (Wildman–Crippen LogP) is 3.57. The summed E-state index contributed by atoms with van der Waals surface area (Å²) in [6.07, 6.45) is 3.16. The molecule has 1 atom stereocenters. The topological polar surface area (TPSA) is 59.2 Å². The fraction of sp³-hybridized carbons (Fsp3) is 0.412. The molecule has 2 aromatic rings. The van der Waals surface area contributed by atoms with Crippen molar-refractivity contribution in [1.29, 1.82) is 0 Å². The molecule has 2 heterocycles. The van der Waals surface area contributed by atoms with E-state index >= 15 is 0 Å². The maximum absolute atomic E-state index is 13.0. The van der Waals surface area contributed by atoms with Crippen LogP contribution in [0.15, 0.2) is 24.3 Å². The van der Waals surface area contributed by atoms with E-state index in [-0.39, 0.29) is 24.4 Å². The number of halogens is 2. The van der Waals surface area contributed by atoms with Gasteiger partial charge in [-0.05, 0) is 44.4 Å². The molecule has 3 rings (SSSR count). The van der Waals surface area contributed by atoms with Crippen LogP contribution in [0, 0.1) is 6.92 Å². The third-order valence-electron chi connectivity index (χ3n) is 4.29. The number of hydrogen-bond donors (Lipinski definition) is 1. The molecule has 1 fully saturated rings. The standard InChI is InChI=1S/C17H20ClN3O.ClH/c1-11-8-15(14-6-5-12(18)9-16(14)20-11)17(22)21-7-3-2-4-13(21)10-19;/h5-6,8-9,13H,2-4,7,10,19H2,1H3;1H. The molecule has 1 aromatic heterocycles. The summed E-state index contributed by atoms with van der Waals surface area (Å²) in [5.74, 6) is 0.0490. The van der Waals surface area contributed by atoms with Crippen LogP contribution in [-0.2, 0) is 0 Å². The van der Waals surface area contributed by atoms with Crippen LogP contribution in [0.25, 0.3) is 10.9 Å². The largest absolute Gasteiger partial charge is 0.334 e. The summed E-state index contributed by atoms with van der Waals surface area (Å²) >= 11 is 6.05. The van der Waals surface area contributed by atoms with Gasteiger partial charge in [0.25, 0.3) is 5.91 Å². The fourth-order valence-electron chi connectivity index (χ4n) is 3.18. The number of nitrogens with two attached hydrogens (primary N) is 1. The molecule has 23 heavy (non-hydrogen) atoms. The highest BCUT2D eigenvalue weighted by Gasteiger charge is 2.27. The normalized spacial score (nSPS) is 17.9. The van der Waals surface area contributed by atoms with Gasteiger partial charge in [-0.2, -0.15) is 0 Å². The first kappa shape index (κ1) is 18.0. The molecule has 1 aliphatic heterocycles. The van der Waals surface area contributed by atoms with Crippen LogP contribution in [0.3, 0.4) is 0 Å². The van der Waals surface area contributed by atoms with E-state index in [9.17, 15) is 4.79 Å². The zero-order chi connectivity index (χ0) is 15.7. The van der Waals surface area contributed by atoms with Gasteiger partial charge in [-0.1, -0.05) is 17.7 Å². The van der Waals surface area contributed by atoms with E-state index in [0.717, 1.165) is 42.4 Å². The van der Waals surface area contributed by atoms with E-state index in [1.165, 1.54) is 0 Å². The number of pyridine rings is 1. The Morgan fingerprint density at radius 3 is 2.91 bits per heavy atom. The van der Waals surface area contributed by atoms with Crippen LogP contribution < -0.4 is 5.73 Å². The Hall–Kier alpha value is -1.36. The molecule has 1 unspecified atom stereocenters. The van der Waals surface area contributed by atoms with Gasteiger partial charge in [0.2, 0.25) is 0 Å². The Balaban J connectivity index is 0.00000192. The van der Waals surface area contributed by atoms with Crippen LogP contribution in [0.1, 0.15) is 35.3 Å². The number of carbonyl (C=O) groups is 1. The second-order valence-corrected chi connectivity index (χ2v) is 6.29. The number of aryl methyl sites for hydroxylation is 1. The number of rotatable bonds is 2. The predicted molar refractivity (Wildman–Crippen MR) is 96.5 cm³/mol. The van der Waals surface area contributed by atoms with Gasteiger partial charge in [-0.25, -0.2) is 0 Å². The Labute approximate surface area is 147 Å². The zero-order valence-corrected chi connectivity index (χ0v) is 14.7. The van der Waals surface area contributed by atoms with Crippen molar-refractivity contribution >= 4 is 40.8 Å². The van der Waals surface area contributed by atoms with Gasteiger partial charge in [0.15, 0.2) is 0 Å². The Morgan fingerprint density at radius 2 is 2.17 bits per heavy atom. The van der Waals surface area contributed by atoms with Crippen LogP contribution in [0.4, 0.5) is 0 Å². The highest BCUT2D eigenvalue weighted by molar-refractivity contribution is 6.31. The number of aromatic nitrogens is 1. The zero-order valence-electron chi connectivity index (χ0n) is 13.1. The monoisotopic (exact) mass is 353 g/mol. The molecular formula is C17H21Cl2N3O. The molecule has 0 spiro atoms. The summed E-state index contributed by atoms with van der Waals surface area (Å²) in [4.78, 5) is 19.4. The maximum atomic E-state index is 13.0. The van der Waals surface area contributed by atoms with E-state index in [1.807, 2.05) is 24.0 Å². The summed E-state index contributed by atoms with van der Waals surface area (Å²) in [5.41, 5.74) is 8.12. The average molecular weight is 354 g/mol. The van der Waals surface area contributed by atoms with Gasteiger partial charge in [0, 0.05) is 35.2 Å². The first-order chi connectivity index (χ1) is 10.6. The number of carbonyl (C=O) groups excluding carboxylic acids is 1. The van der Waals surface area contributed by atoms with Gasteiger partial charge in [0.05, 0.1) is 11.1 Å². The van der Waals surface area contributed by atoms with E-state index in [2.05, 4.69) is 4.98 Å². The molecule has 1 aromatic carbocycles. The minimum absolute atomic E-state index is 0. The van der Waals surface area contributed by atoms with Crippen LogP contribution >= 0.6 is 24.0 Å². The highest BCUT2D eigenvalue weighted by Crippen LogP contribution is 2.26. The van der Waals surface area contributed by atoms with Crippen molar-refractivity contribution in [2.75, 3.05) is 13.1 Å². The van der Waals surface area contributed by atoms with E-state index in [1.54, 1.807) is 12.1 Å². The highest BCUT2D eigenvalue weighted by atomic mass is 35.5. The van der Waals surface area contributed by atoms with Crippen molar-refractivity contribution in [2.24, 2.45) is 5.73 Å². The minimum Gasteiger partial charge on any atom is -0.334 e. The quantitative estimate of drug-likeness (QED) is 0.897. The summed E-state index contributed by atoms with van der Waals surface area (Å²) < 4.78 is 0. The van der Waals surface area contributed by atoms with Gasteiger partial charge in [0.1, 0.15) is 0 Å². The molecule has 1 amide bonds. The lowest BCUT2D eigenvalue weighted by Gasteiger charge is -2.35. The number of likely N-dealkylation sites (tertiary alicyclic amines) is 1. The lowest BCUT2D eigenvalue weighted by atomic mass is 9.99. The Bertz CT molecular complexity index is 715. The lowest BCUT2D eigenvalue weighted by Crippen LogP contribution is -2.47. The summed E-state index contributed by atoms with van der Waals surface area (Å²) in [7, 11) is 0. The van der Waals surface area contributed by atoms with Crippen LogP contribution in [0.5, 0.6) is 0 Å². The SMILES string of the molecule is Cc1cc(C(=O)N2CCCCC2CN)c2ccc(Cl)cc2n1.Cl. The second kappa shape index (κ2) is 7.47. The van der Waals surface area contributed by atoms with E-state index in [0.29, 0.717) is 17.1 Å². The molecule has 124 valence electrons. The third-order valence-corrected chi connectivity index (χ3v) is 4.53. The van der Waals surface area contributed by atoms with Crippen molar-refractivity contribution in [3.63, 3.8) is 0 Å². The van der Waals surface area contributed by atoms with Crippen molar-refractivity contribution in [3.05, 3.63) is 40.5 Å². The summed E-state index contributed by atoms with van der Waals surface area (Å²) in [6, 6.07) is 7.47. The summed E-state index contributed by atoms with van der Waals surface area (Å²) in [6.45, 7) is 3.18. The molecule has 2 N–H and O–H groups in total. The van der Waals surface area contributed by atoms with Crippen molar-refractivity contribution in [1.82, 2.24) is 9.88 Å². The summed E-state index contributed by atoms with van der Waals surface area (Å²) in [5, 5.41) is 1.48. The van der Waals surface area contributed by atoms with Crippen molar-refractivity contribution in [3.8, 4) is 0 Å². The molecule has 1 aliphatic rings. The van der Waals surface area contributed by atoms with Crippen molar-refractivity contribution < 1.29 is 4.79 Å². The molecule has 0 aliphatic carbocycles. The maximum Gasteiger partial charge on any atom is 0.254 e. The third kappa shape index (κ3) is 3.60. The molecule has 0 bridgehead atoms. The number of benzene rings is 1. The number of amides is 1. The number of fused-ring (bicyclic) bond motifs is 1. The van der Waals surface area contributed by atoms with E-state index in [4.69, 9.17) is 17.3 Å². The van der Waals surface area contributed by atoms with Gasteiger partial charge in [-0.3, -0.25) is 9.78 Å². The number of hydrogen-bond acceptors (Lipinski definition) is 3. The Kier molecular flexibility index (Phi) is 5.84. The number of piperidine rings is 1. The minimum atomic E-state index is 0.